The molecular weight excluding hydrogens is 100 g/mol. The molecule has 42 valence electrons. The molecule has 1 aliphatic rings. The molecule has 7 heavy (non-hydrogen) atoms. The van der Waals surface area contributed by atoms with Crippen LogP contribution >= 0.6 is 0 Å². The van der Waals surface area contributed by atoms with Crippen LogP contribution in [0.2, 0.25) is 0 Å². The molecule has 0 aromatic carbocycles. The maximum atomic E-state index is 8.58. The molecule has 0 radical (unpaired) electrons. The van der Waals surface area contributed by atoms with Gasteiger partial charge in [0.05, 0.1) is 0 Å². The van der Waals surface area contributed by atoms with Crippen LogP contribution < -0.4 is 0 Å². The van der Waals surface area contributed by atoms with Gasteiger partial charge in [-0.1, -0.05) is 5.04 Å². The van der Waals surface area contributed by atoms with Gasteiger partial charge in [-0.2, -0.15) is 0 Å². The van der Waals surface area contributed by atoms with Crippen molar-refractivity contribution in [1.29, 1.82) is 0 Å². The van der Waals surface area contributed by atoms with E-state index in [0.29, 0.717) is 0 Å². The Labute approximate surface area is 40.5 Å². The van der Waals surface area contributed by atoms with Gasteiger partial charge in [0.25, 0.3) is 0 Å². The highest BCUT2D eigenvalue weighted by atomic mass is 17.5. The Morgan fingerprint density at radius 3 is 2.14 bits per heavy atom. The second-order valence-electron chi connectivity index (χ2n) is 1.29. The first kappa shape index (κ1) is 4.99. The molecule has 0 spiro atoms. The molecule has 1 aliphatic heterocycles. The molecule has 1 N–H and O–H groups in total. The number of aliphatic hydroxyl groups excluding tert-OH is 1. The molecule has 1 saturated heterocycles. The third-order valence-electron chi connectivity index (χ3n) is 0.617. The molecular formula is C3H6O4. The van der Waals surface area contributed by atoms with Crippen molar-refractivity contribution in [2.24, 2.45) is 0 Å². The predicted octanol–water partition coefficient (Wildman–Crippen LogP) is -0.759. The van der Waals surface area contributed by atoms with E-state index in [1.54, 1.807) is 0 Å². The van der Waals surface area contributed by atoms with Crippen molar-refractivity contribution in [3.63, 3.8) is 0 Å². The average molecular weight is 106 g/mol. The molecule has 4 nitrogen and oxygen atoms in total. The van der Waals surface area contributed by atoms with E-state index in [1.165, 1.54) is 0 Å². The van der Waals surface area contributed by atoms with Crippen molar-refractivity contribution >= 4 is 0 Å². The van der Waals surface area contributed by atoms with Crippen LogP contribution in [0, 0.1) is 0 Å². The molecule has 0 aromatic rings. The van der Waals surface area contributed by atoms with E-state index in [0.717, 1.165) is 0 Å². The second-order valence-corrected chi connectivity index (χ2v) is 1.29. The lowest BCUT2D eigenvalue weighted by molar-refractivity contribution is -0.542. The van der Waals surface area contributed by atoms with Gasteiger partial charge < -0.3 is 5.11 Å². The van der Waals surface area contributed by atoms with Crippen LogP contribution in [0.4, 0.5) is 0 Å². The Morgan fingerprint density at radius 1 is 1.29 bits per heavy atom. The first-order valence-corrected chi connectivity index (χ1v) is 1.99. The van der Waals surface area contributed by atoms with E-state index >= 15 is 0 Å². The summed E-state index contributed by atoms with van der Waals surface area (Å²) in [4.78, 5) is 8.42. The molecule has 0 unspecified atom stereocenters. The van der Waals surface area contributed by atoms with Gasteiger partial charge in [0.15, 0.2) is 0 Å². The summed E-state index contributed by atoms with van der Waals surface area (Å²) in [7, 11) is 0. The zero-order valence-electron chi connectivity index (χ0n) is 3.66. The van der Waals surface area contributed by atoms with Gasteiger partial charge in [-0.15, -0.1) is 0 Å². The van der Waals surface area contributed by atoms with Gasteiger partial charge >= 0.3 is 0 Å². The fourth-order valence-electron chi connectivity index (χ4n) is 0.295. The summed E-state index contributed by atoms with van der Waals surface area (Å²) in [5, 5.41) is 12.6. The lowest BCUT2D eigenvalue weighted by atomic mass is 10.4. The predicted molar refractivity (Wildman–Crippen MR) is 19.0 cm³/mol. The second kappa shape index (κ2) is 2.23. The average Bonchev–Trinajstić information content (AvgIpc) is 1.69. The Bertz CT molecular complexity index is 48.9. The minimum Gasteiger partial charge on any atom is -0.388 e. The zero-order chi connectivity index (χ0) is 5.11. The lowest BCUT2D eigenvalue weighted by Gasteiger charge is -2.13. The van der Waals surface area contributed by atoms with E-state index in [9.17, 15) is 0 Å². The standard InChI is InChI=1S/C3H6O4/c4-3-1-5-7-6-2-3/h3-4H,1-2H2. The Morgan fingerprint density at radius 2 is 1.86 bits per heavy atom. The van der Waals surface area contributed by atoms with Crippen LogP contribution in [0.5, 0.6) is 0 Å². The van der Waals surface area contributed by atoms with Crippen molar-refractivity contribution in [3.8, 4) is 0 Å². The summed E-state index contributed by atoms with van der Waals surface area (Å²) in [5.74, 6) is 0. The van der Waals surface area contributed by atoms with E-state index in [-0.39, 0.29) is 13.2 Å². The van der Waals surface area contributed by atoms with Gasteiger partial charge in [-0.25, -0.2) is 9.78 Å². The van der Waals surface area contributed by atoms with Gasteiger partial charge in [-0.3, -0.25) is 0 Å². The van der Waals surface area contributed by atoms with Crippen LogP contribution in [-0.2, 0) is 14.8 Å². The van der Waals surface area contributed by atoms with Crippen LogP contribution in [0.3, 0.4) is 0 Å². The lowest BCUT2D eigenvalue weighted by Crippen LogP contribution is -2.26. The maximum absolute atomic E-state index is 8.58. The molecule has 0 amide bonds. The zero-order valence-corrected chi connectivity index (χ0v) is 3.66. The van der Waals surface area contributed by atoms with Crippen molar-refractivity contribution in [2.75, 3.05) is 13.2 Å². The van der Waals surface area contributed by atoms with Crippen LogP contribution in [-0.4, -0.2) is 24.4 Å². The Kier molecular flexibility index (Phi) is 1.59. The molecule has 1 heterocycles. The maximum Gasteiger partial charge on any atom is 0.114 e. The first-order valence-electron chi connectivity index (χ1n) is 1.99. The monoisotopic (exact) mass is 106 g/mol. The molecule has 4 heteroatoms. The minimum atomic E-state index is -0.534. The highest BCUT2D eigenvalue weighted by Crippen LogP contribution is 1.95. The fourth-order valence-corrected chi connectivity index (χ4v) is 0.295. The molecule has 0 atom stereocenters. The molecule has 1 rings (SSSR count). The molecule has 1 fully saturated rings. The summed E-state index contributed by atoms with van der Waals surface area (Å²) in [6, 6.07) is 0. The first-order chi connectivity index (χ1) is 3.39. The third-order valence-corrected chi connectivity index (χ3v) is 0.617. The molecule has 0 bridgehead atoms. The normalized spacial score (nSPS) is 25.3. The Hall–Kier alpha value is -0.160. The van der Waals surface area contributed by atoms with E-state index in [1.807, 2.05) is 0 Å². The number of aliphatic hydroxyl groups is 1. The van der Waals surface area contributed by atoms with Gasteiger partial charge in [0.2, 0.25) is 0 Å². The summed E-state index contributed by atoms with van der Waals surface area (Å²) >= 11 is 0. The summed E-state index contributed by atoms with van der Waals surface area (Å²) in [5.41, 5.74) is 0. The fraction of sp³-hybridized carbons (Fsp3) is 1.00. The van der Waals surface area contributed by atoms with E-state index in [2.05, 4.69) is 14.8 Å². The summed E-state index contributed by atoms with van der Waals surface area (Å²) in [6.07, 6.45) is -0.534. The summed E-state index contributed by atoms with van der Waals surface area (Å²) in [6.45, 7) is 0.389. The topological polar surface area (TPSA) is 47.9 Å². The smallest absolute Gasteiger partial charge is 0.114 e. The van der Waals surface area contributed by atoms with Crippen molar-refractivity contribution in [1.82, 2.24) is 0 Å². The van der Waals surface area contributed by atoms with Crippen LogP contribution in [0.25, 0.3) is 0 Å². The third kappa shape index (κ3) is 1.40. The number of rotatable bonds is 0. The van der Waals surface area contributed by atoms with Gasteiger partial charge in [0, 0.05) is 0 Å². The van der Waals surface area contributed by atoms with Crippen LogP contribution in [0.15, 0.2) is 0 Å². The van der Waals surface area contributed by atoms with Crippen molar-refractivity contribution < 1.29 is 19.9 Å². The number of hydrogen-bond donors (Lipinski definition) is 1. The highest BCUT2D eigenvalue weighted by molar-refractivity contribution is 4.48. The molecule has 0 aromatic heterocycles. The highest BCUT2D eigenvalue weighted by Gasteiger charge is 2.10. The SMILES string of the molecule is OC1COOOC1. The molecule has 0 aliphatic carbocycles. The molecule has 0 saturated carbocycles. The summed E-state index contributed by atoms with van der Waals surface area (Å²) < 4.78 is 0. The van der Waals surface area contributed by atoms with E-state index in [4.69, 9.17) is 5.11 Å². The van der Waals surface area contributed by atoms with Gasteiger partial charge in [-0.05, 0) is 0 Å². The number of hydrogen-bond acceptors (Lipinski definition) is 4. The van der Waals surface area contributed by atoms with Crippen molar-refractivity contribution in [3.05, 3.63) is 0 Å². The minimum absolute atomic E-state index is 0.194. The largest absolute Gasteiger partial charge is 0.388 e. The Balaban J connectivity index is 2.12. The van der Waals surface area contributed by atoms with Crippen LogP contribution in [0.1, 0.15) is 0 Å². The quantitative estimate of drug-likeness (QED) is 0.412. The van der Waals surface area contributed by atoms with Gasteiger partial charge in [0.1, 0.15) is 19.3 Å². The van der Waals surface area contributed by atoms with Crippen molar-refractivity contribution in [2.45, 2.75) is 6.10 Å². The van der Waals surface area contributed by atoms with E-state index < -0.39 is 6.10 Å².